The lowest BCUT2D eigenvalue weighted by Gasteiger charge is -2.33. The number of hydrogen-bond acceptors (Lipinski definition) is 6. The van der Waals surface area contributed by atoms with Crippen LogP contribution in [0.15, 0.2) is 41.1 Å². The minimum absolute atomic E-state index is 0.0111. The quantitative estimate of drug-likeness (QED) is 0.712. The highest BCUT2D eigenvalue weighted by molar-refractivity contribution is 5.43. The van der Waals surface area contributed by atoms with Gasteiger partial charge in [-0.2, -0.15) is 0 Å². The van der Waals surface area contributed by atoms with Crippen molar-refractivity contribution in [1.82, 2.24) is 25.1 Å². The zero-order valence-electron chi connectivity index (χ0n) is 14.6. The summed E-state index contributed by atoms with van der Waals surface area (Å²) in [5.41, 5.74) is 2.08. The second-order valence-electron chi connectivity index (χ2n) is 6.56. The smallest absolute Gasteiger partial charge is 0.267 e. The molecule has 4 rings (SSSR count). The molecule has 1 atom stereocenters. The topological polar surface area (TPSA) is 67.9 Å². The fourth-order valence-electron chi connectivity index (χ4n) is 3.28. The van der Waals surface area contributed by atoms with Crippen molar-refractivity contribution in [2.24, 2.45) is 0 Å². The number of benzene rings is 1. The Morgan fingerprint density at radius 2 is 2.04 bits per heavy atom. The van der Waals surface area contributed by atoms with E-state index in [-0.39, 0.29) is 11.9 Å². The third-order valence-corrected chi connectivity index (χ3v) is 4.67. The molecule has 0 amide bonds. The van der Waals surface area contributed by atoms with Crippen LogP contribution in [0, 0.1) is 12.7 Å². The molecule has 1 aliphatic heterocycles. The lowest BCUT2D eigenvalue weighted by Crippen LogP contribution is -2.33. The first-order chi connectivity index (χ1) is 12.7. The van der Waals surface area contributed by atoms with E-state index < -0.39 is 0 Å². The molecule has 0 radical (unpaired) electrons. The van der Waals surface area contributed by atoms with Crippen molar-refractivity contribution in [3.8, 4) is 11.6 Å². The minimum Gasteiger partial charge on any atom is -0.417 e. The Morgan fingerprint density at radius 1 is 1.15 bits per heavy atom. The van der Waals surface area contributed by atoms with Crippen LogP contribution in [-0.4, -0.2) is 31.6 Å². The van der Waals surface area contributed by atoms with Gasteiger partial charge >= 0.3 is 0 Å². The monoisotopic (exact) mass is 353 g/mol. The van der Waals surface area contributed by atoms with Crippen molar-refractivity contribution in [3.63, 3.8) is 0 Å². The number of halogens is 1. The van der Waals surface area contributed by atoms with Crippen LogP contribution in [0.25, 0.3) is 11.6 Å². The molecule has 3 heterocycles. The normalized spacial score (nSPS) is 18.2. The molecule has 6 nitrogen and oxygen atoms in total. The average molecular weight is 353 g/mol. The van der Waals surface area contributed by atoms with Crippen molar-refractivity contribution >= 4 is 0 Å². The summed E-state index contributed by atoms with van der Waals surface area (Å²) in [4.78, 5) is 10.7. The Labute approximate surface area is 151 Å². The van der Waals surface area contributed by atoms with E-state index in [1.165, 1.54) is 6.07 Å². The summed E-state index contributed by atoms with van der Waals surface area (Å²) < 4.78 is 19.9. The number of likely N-dealkylation sites (tertiary alicyclic amines) is 1. The predicted octanol–water partition coefficient (Wildman–Crippen LogP) is 3.70. The van der Waals surface area contributed by atoms with Gasteiger partial charge in [0.25, 0.3) is 5.89 Å². The van der Waals surface area contributed by atoms with E-state index >= 15 is 0 Å². The van der Waals surface area contributed by atoms with Crippen LogP contribution in [0.5, 0.6) is 0 Å². The Kier molecular flexibility index (Phi) is 4.71. The van der Waals surface area contributed by atoms with Crippen LogP contribution in [-0.2, 0) is 6.54 Å². The average Bonchev–Trinajstić information content (AvgIpc) is 3.15. The summed E-state index contributed by atoms with van der Waals surface area (Å²) in [6.07, 6.45) is 6.38. The summed E-state index contributed by atoms with van der Waals surface area (Å²) in [6, 6.07) is 6.87. The second-order valence-corrected chi connectivity index (χ2v) is 6.56. The molecule has 2 aromatic heterocycles. The molecule has 1 saturated heterocycles. The third-order valence-electron chi connectivity index (χ3n) is 4.67. The van der Waals surface area contributed by atoms with Gasteiger partial charge in [0.15, 0.2) is 0 Å². The van der Waals surface area contributed by atoms with Gasteiger partial charge in [-0.25, -0.2) is 9.37 Å². The highest BCUT2D eigenvalue weighted by Crippen LogP contribution is 2.32. The molecule has 1 aliphatic rings. The minimum atomic E-state index is -0.182. The summed E-state index contributed by atoms with van der Waals surface area (Å²) >= 11 is 0. The van der Waals surface area contributed by atoms with E-state index in [0.717, 1.165) is 31.5 Å². The maximum Gasteiger partial charge on any atom is 0.267 e. The van der Waals surface area contributed by atoms with Crippen molar-refractivity contribution in [3.05, 3.63) is 59.6 Å². The van der Waals surface area contributed by atoms with Crippen molar-refractivity contribution < 1.29 is 8.81 Å². The van der Waals surface area contributed by atoms with Crippen LogP contribution in [0.4, 0.5) is 4.39 Å². The zero-order valence-corrected chi connectivity index (χ0v) is 14.6. The maximum atomic E-state index is 14.0. The SMILES string of the molecule is Cc1cnc(-c2nnc(C3CCCCN3Cc3ccccc3F)o2)cn1. The molecule has 1 fully saturated rings. The summed E-state index contributed by atoms with van der Waals surface area (Å²) in [6.45, 7) is 3.28. The first-order valence-corrected chi connectivity index (χ1v) is 8.80. The van der Waals surface area contributed by atoms with Crippen molar-refractivity contribution in [1.29, 1.82) is 0 Å². The number of aromatic nitrogens is 4. The number of rotatable bonds is 4. The van der Waals surface area contributed by atoms with Gasteiger partial charge < -0.3 is 4.42 Å². The molecule has 0 spiro atoms. The summed E-state index contributed by atoms with van der Waals surface area (Å²) in [5.74, 6) is 0.736. The van der Waals surface area contributed by atoms with Crippen molar-refractivity contribution in [2.45, 2.75) is 38.8 Å². The van der Waals surface area contributed by atoms with Gasteiger partial charge in [-0.1, -0.05) is 24.6 Å². The van der Waals surface area contributed by atoms with E-state index in [1.54, 1.807) is 18.5 Å². The molecular formula is C19H20FN5O. The Balaban J connectivity index is 1.57. The fourth-order valence-corrected chi connectivity index (χ4v) is 3.28. The molecule has 26 heavy (non-hydrogen) atoms. The third kappa shape index (κ3) is 3.48. The molecule has 134 valence electrons. The number of piperidine rings is 1. The van der Waals surface area contributed by atoms with E-state index in [1.807, 2.05) is 19.1 Å². The Morgan fingerprint density at radius 3 is 2.85 bits per heavy atom. The van der Waals surface area contributed by atoms with E-state index in [2.05, 4.69) is 25.1 Å². The lowest BCUT2D eigenvalue weighted by atomic mass is 10.0. The van der Waals surface area contributed by atoms with Crippen LogP contribution in [0.3, 0.4) is 0 Å². The van der Waals surface area contributed by atoms with Gasteiger partial charge in [-0.05, 0) is 32.4 Å². The Bertz CT molecular complexity index is 880. The van der Waals surface area contributed by atoms with Crippen LogP contribution in [0.1, 0.15) is 42.5 Å². The van der Waals surface area contributed by atoms with E-state index in [9.17, 15) is 4.39 Å². The summed E-state index contributed by atoms with van der Waals surface area (Å²) in [5, 5.41) is 8.36. The van der Waals surface area contributed by atoms with Gasteiger partial charge in [-0.3, -0.25) is 9.88 Å². The highest BCUT2D eigenvalue weighted by atomic mass is 19.1. The molecule has 0 aliphatic carbocycles. The number of hydrogen-bond donors (Lipinski definition) is 0. The van der Waals surface area contributed by atoms with E-state index in [4.69, 9.17) is 4.42 Å². The van der Waals surface area contributed by atoms with E-state index in [0.29, 0.717) is 29.6 Å². The molecule has 3 aromatic rings. The molecule has 0 bridgehead atoms. The highest BCUT2D eigenvalue weighted by Gasteiger charge is 2.29. The second kappa shape index (κ2) is 7.29. The lowest BCUT2D eigenvalue weighted by molar-refractivity contribution is 0.117. The fraction of sp³-hybridized carbons (Fsp3) is 0.368. The summed E-state index contributed by atoms with van der Waals surface area (Å²) in [7, 11) is 0. The molecule has 7 heteroatoms. The van der Waals surface area contributed by atoms with Crippen LogP contribution < -0.4 is 0 Å². The van der Waals surface area contributed by atoms with Gasteiger partial charge in [0.05, 0.1) is 17.9 Å². The first-order valence-electron chi connectivity index (χ1n) is 8.80. The Hall–Kier alpha value is -2.67. The van der Waals surface area contributed by atoms with Crippen LogP contribution >= 0.6 is 0 Å². The van der Waals surface area contributed by atoms with Gasteiger partial charge in [-0.15, -0.1) is 10.2 Å². The molecule has 1 aromatic carbocycles. The van der Waals surface area contributed by atoms with Gasteiger partial charge in [0.2, 0.25) is 5.89 Å². The molecular weight excluding hydrogens is 333 g/mol. The number of aryl methyl sites for hydroxylation is 1. The van der Waals surface area contributed by atoms with Crippen LogP contribution in [0.2, 0.25) is 0 Å². The largest absolute Gasteiger partial charge is 0.417 e. The molecule has 1 unspecified atom stereocenters. The maximum absolute atomic E-state index is 14.0. The predicted molar refractivity (Wildman–Crippen MR) is 93.5 cm³/mol. The van der Waals surface area contributed by atoms with Gasteiger partial charge in [0.1, 0.15) is 11.5 Å². The van der Waals surface area contributed by atoms with Crippen molar-refractivity contribution in [2.75, 3.05) is 6.54 Å². The van der Waals surface area contributed by atoms with Gasteiger partial charge in [0, 0.05) is 18.3 Å². The standard InChI is InChI=1S/C19H20FN5O/c1-13-10-22-16(11-21-13)18-23-24-19(26-18)17-8-4-5-9-25(17)12-14-6-2-3-7-15(14)20/h2-3,6-7,10-11,17H,4-5,8-9,12H2,1H3. The zero-order chi connectivity index (χ0) is 17.9. The molecule has 0 N–H and O–H groups in total. The number of nitrogens with zero attached hydrogens (tertiary/aromatic N) is 5. The first kappa shape index (κ1) is 16.8. The molecule has 0 saturated carbocycles.